The topological polar surface area (TPSA) is 12.0 Å². The summed E-state index contributed by atoms with van der Waals surface area (Å²) in [5.74, 6) is 0.964. The molecule has 0 aromatic heterocycles. The van der Waals surface area contributed by atoms with Crippen LogP contribution in [0.3, 0.4) is 0 Å². The van der Waals surface area contributed by atoms with Crippen molar-refractivity contribution in [3.8, 4) is 0 Å². The maximum Gasteiger partial charge on any atom is 0.0146 e. The van der Waals surface area contributed by atoms with Crippen molar-refractivity contribution in [1.29, 1.82) is 0 Å². The van der Waals surface area contributed by atoms with E-state index in [1.807, 2.05) is 0 Å². The number of hydrogen-bond donors (Lipinski definition) is 1. The van der Waals surface area contributed by atoms with Gasteiger partial charge in [-0.2, -0.15) is 11.8 Å². The molecule has 0 aromatic carbocycles. The Bertz CT molecular complexity index is 184. The van der Waals surface area contributed by atoms with Gasteiger partial charge in [-0.1, -0.05) is 46.5 Å². The molecule has 1 aliphatic carbocycles. The highest BCUT2D eigenvalue weighted by atomic mass is 32.2. The molecule has 1 aliphatic rings. The normalized spacial score (nSPS) is 27.0. The van der Waals surface area contributed by atoms with Crippen LogP contribution in [0.1, 0.15) is 65.7 Å². The molecule has 2 heteroatoms. The molecular formula is C15H31NS. The fraction of sp³-hybridized carbons (Fsp3) is 1.00. The maximum absolute atomic E-state index is 3.60. The van der Waals surface area contributed by atoms with Crippen molar-refractivity contribution in [3.05, 3.63) is 0 Å². The molecule has 0 saturated heterocycles. The number of unbranched alkanes of at least 4 members (excludes halogenated alkanes) is 2. The Hall–Kier alpha value is 0.310. The Kier molecular flexibility index (Phi) is 8.38. The van der Waals surface area contributed by atoms with Crippen LogP contribution in [0.4, 0.5) is 0 Å². The summed E-state index contributed by atoms with van der Waals surface area (Å²) in [6.45, 7) is 9.47. The van der Waals surface area contributed by atoms with Crippen molar-refractivity contribution >= 4 is 11.8 Å². The highest BCUT2D eigenvalue weighted by molar-refractivity contribution is 8.00. The third kappa shape index (κ3) is 7.35. The lowest BCUT2D eigenvalue weighted by Crippen LogP contribution is -2.26. The van der Waals surface area contributed by atoms with Crippen LogP contribution in [0, 0.1) is 5.92 Å². The van der Waals surface area contributed by atoms with Crippen LogP contribution in [-0.4, -0.2) is 23.6 Å². The van der Waals surface area contributed by atoms with Gasteiger partial charge in [0.15, 0.2) is 0 Å². The zero-order valence-corrected chi connectivity index (χ0v) is 12.8. The van der Waals surface area contributed by atoms with Crippen LogP contribution < -0.4 is 5.32 Å². The first-order valence-corrected chi connectivity index (χ1v) is 8.52. The van der Waals surface area contributed by atoms with Crippen LogP contribution in [-0.2, 0) is 0 Å². The first-order chi connectivity index (χ1) is 8.22. The van der Waals surface area contributed by atoms with E-state index in [9.17, 15) is 0 Å². The van der Waals surface area contributed by atoms with E-state index in [2.05, 4.69) is 37.8 Å². The van der Waals surface area contributed by atoms with E-state index in [-0.39, 0.29) is 0 Å². The molecule has 0 bridgehead atoms. The summed E-state index contributed by atoms with van der Waals surface area (Å²) < 4.78 is 0. The van der Waals surface area contributed by atoms with Gasteiger partial charge in [0.1, 0.15) is 0 Å². The van der Waals surface area contributed by atoms with Gasteiger partial charge in [0.05, 0.1) is 0 Å². The van der Waals surface area contributed by atoms with Gasteiger partial charge in [-0.25, -0.2) is 0 Å². The molecule has 17 heavy (non-hydrogen) atoms. The van der Waals surface area contributed by atoms with Crippen molar-refractivity contribution in [1.82, 2.24) is 5.32 Å². The fourth-order valence-electron chi connectivity index (χ4n) is 2.68. The van der Waals surface area contributed by atoms with E-state index in [1.54, 1.807) is 0 Å². The van der Waals surface area contributed by atoms with Crippen molar-refractivity contribution in [3.63, 3.8) is 0 Å². The minimum Gasteiger partial charge on any atom is -0.316 e. The monoisotopic (exact) mass is 257 g/mol. The predicted octanol–water partition coefficient (Wildman–Crippen LogP) is 4.47. The van der Waals surface area contributed by atoms with E-state index in [0.29, 0.717) is 0 Å². The molecule has 1 rings (SSSR count). The zero-order chi connectivity index (χ0) is 12.5. The molecular weight excluding hydrogens is 226 g/mol. The Morgan fingerprint density at radius 2 is 2.12 bits per heavy atom. The quantitative estimate of drug-likeness (QED) is 0.644. The summed E-state index contributed by atoms with van der Waals surface area (Å²) in [6.07, 6.45) is 9.85. The van der Waals surface area contributed by atoms with Gasteiger partial charge < -0.3 is 5.32 Å². The molecule has 102 valence electrons. The van der Waals surface area contributed by atoms with E-state index < -0.39 is 0 Å². The van der Waals surface area contributed by atoms with Gasteiger partial charge >= 0.3 is 0 Å². The van der Waals surface area contributed by atoms with Gasteiger partial charge in [0.2, 0.25) is 0 Å². The van der Waals surface area contributed by atoms with E-state index >= 15 is 0 Å². The lowest BCUT2D eigenvalue weighted by molar-refractivity contribution is 0.393. The first kappa shape index (κ1) is 15.4. The third-order valence-corrected chi connectivity index (χ3v) is 5.15. The summed E-state index contributed by atoms with van der Waals surface area (Å²) in [5.41, 5.74) is 0. The van der Waals surface area contributed by atoms with Crippen molar-refractivity contribution in [2.24, 2.45) is 5.92 Å². The lowest BCUT2D eigenvalue weighted by atomic mass is 9.91. The molecule has 0 aliphatic heterocycles. The van der Waals surface area contributed by atoms with Crippen molar-refractivity contribution < 1.29 is 0 Å². The molecule has 1 saturated carbocycles. The van der Waals surface area contributed by atoms with Crippen LogP contribution in [0.25, 0.3) is 0 Å². The van der Waals surface area contributed by atoms with Crippen LogP contribution in [0.2, 0.25) is 0 Å². The Balaban J connectivity index is 2.01. The average Bonchev–Trinajstić information content (AvgIpc) is 2.29. The van der Waals surface area contributed by atoms with E-state index in [1.165, 1.54) is 58.0 Å². The number of thioether (sulfide) groups is 1. The number of hydrogen-bond acceptors (Lipinski definition) is 2. The second kappa shape index (κ2) is 9.27. The number of nitrogens with one attached hydrogen (secondary N) is 1. The van der Waals surface area contributed by atoms with Crippen LogP contribution >= 0.6 is 11.8 Å². The molecule has 0 aromatic rings. The summed E-state index contributed by atoms with van der Waals surface area (Å²) in [7, 11) is 0. The van der Waals surface area contributed by atoms with Gasteiger partial charge in [-0.05, 0) is 31.7 Å². The van der Waals surface area contributed by atoms with Crippen LogP contribution in [0.5, 0.6) is 0 Å². The molecule has 3 unspecified atom stereocenters. The standard InChI is InChI=1S/C15H31NS/c1-4-5-6-10-16-12-14(3)17-15-9-7-8-13(2)11-15/h13-16H,4-12H2,1-3H3. The molecule has 0 heterocycles. The third-order valence-electron chi connectivity index (χ3n) is 3.70. The Morgan fingerprint density at radius 3 is 2.82 bits per heavy atom. The van der Waals surface area contributed by atoms with E-state index in [0.717, 1.165) is 16.4 Å². The van der Waals surface area contributed by atoms with E-state index in [4.69, 9.17) is 0 Å². The lowest BCUT2D eigenvalue weighted by Gasteiger charge is -2.28. The maximum atomic E-state index is 3.60. The number of rotatable bonds is 8. The summed E-state index contributed by atoms with van der Waals surface area (Å²) in [4.78, 5) is 0. The van der Waals surface area contributed by atoms with Gasteiger partial charge in [-0.3, -0.25) is 0 Å². The smallest absolute Gasteiger partial charge is 0.0146 e. The minimum absolute atomic E-state index is 0.784. The molecule has 0 spiro atoms. The zero-order valence-electron chi connectivity index (χ0n) is 12.0. The van der Waals surface area contributed by atoms with Crippen LogP contribution in [0.15, 0.2) is 0 Å². The fourth-order valence-corrected chi connectivity index (χ4v) is 4.30. The highest BCUT2D eigenvalue weighted by Crippen LogP contribution is 2.33. The van der Waals surface area contributed by atoms with Gasteiger partial charge in [0, 0.05) is 17.0 Å². The first-order valence-electron chi connectivity index (χ1n) is 7.58. The summed E-state index contributed by atoms with van der Waals surface area (Å²) in [6, 6.07) is 0. The van der Waals surface area contributed by atoms with Gasteiger partial charge in [-0.15, -0.1) is 0 Å². The summed E-state index contributed by atoms with van der Waals surface area (Å²) in [5, 5.41) is 5.32. The Morgan fingerprint density at radius 1 is 1.29 bits per heavy atom. The highest BCUT2D eigenvalue weighted by Gasteiger charge is 2.20. The van der Waals surface area contributed by atoms with Crippen molar-refractivity contribution in [2.75, 3.05) is 13.1 Å². The minimum atomic E-state index is 0.784. The molecule has 1 fully saturated rings. The second-order valence-electron chi connectivity index (χ2n) is 5.75. The molecule has 0 radical (unpaired) electrons. The summed E-state index contributed by atoms with van der Waals surface area (Å²) >= 11 is 2.23. The SMILES string of the molecule is CCCCCNCC(C)SC1CCCC(C)C1. The van der Waals surface area contributed by atoms with Gasteiger partial charge in [0.25, 0.3) is 0 Å². The predicted molar refractivity (Wildman–Crippen MR) is 80.9 cm³/mol. The molecule has 0 amide bonds. The molecule has 1 N–H and O–H groups in total. The average molecular weight is 257 g/mol. The Labute approximate surface area is 113 Å². The largest absolute Gasteiger partial charge is 0.316 e. The molecule has 3 atom stereocenters. The molecule has 1 nitrogen and oxygen atoms in total. The van der Waals surface area contributed by atoms with Crippen molar-refractivity contribution in [2.45, 2.75) is 76.2 Å². The second-order valence-corrected chi connectivity index (χ2v) is 7.50.